The van der Waals surface area contributed by atoms with E-state index >= 15 is 0 Å². The molecule has 0 bridgehead atoms. The number of thiol groups is 1. The van der Waals surface area contributed by atoms with E-state index in [1.807, 2.05) is 0 Å². The van der Waals surface area contributed by atoms with Gasteiger partial charge in [-0.25, -0.2) is 8.78 Å². The van der Waals surface area contributed by atoms with Crippen molar-refractivity contribution in [3.05, 3.63) is 29.8 Å². The summed E-state index contributed by atoms with van der Waals surface area (Å²) in [6.07, 6.45) is 8.24. The normalized spacial score (nSPS) is 10.7. The van der Waals surface area contributed by atoms with Gasteiger partial charge in [-0.15, -0.1) is 0 Å². The summed E-state index contributed by atoms with van der Waals surface area (Å²) in [6.45, 7) is 0.557. The van der Waals surface area contributed by atoms with E-state index in [4.69, 9.17) is 4.74 Å². The molecule has 0 spiro atoms. The van der Waals surface area contributed by atoms with Gasteiger partial charge in [-0.3, -0.25) is 0 Å². The molecule has 0 atom stereocenters. The first kappa shape index (κ1) is 16.3. The molecule has 108 valence electrons. The number of unbranched alkanes of at least 4 members (excludes halogenated alkanes) is 6. The van der Waals surface area contributed by atoms with Gasteiger partial charge in [0.05, 0.1) is 6.61 Å². The van der Waals surface area contributed by atoms with Crippen molar-refractivity contribution in [3.8, 4) is 5.75 Å². The molecule has 0 saturated carbocycles. The summed E-state index contributed by atoms with van der Waals surface area (Å²) < 4.78 is 30.9. The Bertz CT molecular complexity index is 358. The highest BCUT2D eigenvalue weighted by Crippen LogP contribution is 2.16. The smallest absolute Gasteiger partial charge is 0.162 e. The molecular formula is C15H22F2OS. The molecule has 19 heavy (non-hydrogen) atoms. The van der Waals surface area contributed by atoms with Crippen molar-refractivity contribution in [2.24, 2.45) is 0 Å². The third-order valence-electron chi connectivity index (χ3n) is 2.96. The first-order valence-corrected chi connectivity index (χ1v) is 7.56. The Morgan fingerprint density at radius 1 is 0.842 bits per heavy atom. The molecule has 4 heteroatoms. The predicted molar refractivity (Wildman–Crippen MR) is 78.0 cm³/mol. The van der Waals surface area contributed by atoms with E-state index in [9.17, 15) is 8.78 Å². The van der Waals surface area contributed by atoms with Crippen LogP contribution in [0.1, 0.15) is 44.9 Å². The van der Waals surface area contributed by atoms with E-state index in [1.54, 1.807) is 0 Å². The minimum atomic E-state index is -0.860. The fraction of sp³-hybridized carbons (Fsp3) is 0.600. The van der Waals surface area contributed by atoms with Crippen molar-refractivity contribution in [3.63, 3.8) is 0 Å². The van der Waals surface area contributed by atoms with Crippen LogP contribution in [-0.4, -0.2) is 12.4 Å². The number of hydrogen-bond acceptors (Lipinski definition) is 2. The van der Waals surface area contributed by atoms with Gasteiger partial charge in [0.15, 0.2) is 11.6 Å². The second-order valence-electron chi connectivity index (χ2n) is 4.62. The van der Waals surface area contributed by atoms with Gasteiger partial charge in [-0.05, 0) is 30.7 Å². The Morgan fingerprint density at radius 2 is 1.47 bits per heavy atom. The summed E-state index contributed by atoms with van der Waals surface area (Å²) in [7, 11) is 0. The largest absolute Gasteiger partial charge is 0.493 e. The summed E-state index contributed by atoms with van der Waals surface area (Å²) in [5.41, 5.74) is 0. The number of ether oxygens (including phenoxy) is 1. The van der Waals surface area contributed by atoms with Crippen molar-refractivity contribution >= 4 is 12.6 Å². The molecule has 0 amide bonds. The Morgan fingerprint density at radius 3 is 2.11 bits per heavy atom. The lowest BCUT2D eigenvalue weighted by Gasteiger charge is -2.06. The van der Waals surface area contributed by atoms with Crippen molar-refractivity contribution in [2.45, 2.75) is 44.9 Å². The van der Waals surface area contributed by atoms with Crippen LogP contribution in [0, 0.1) is 11.6 Å². The van der Waals surface area contributed by atoms with Crippen LogP contribution in [0.5, 0.6) is 5.75 Å². The van der Waals surface area contributed by atoms with E-state index in [0.717, 1.165) is 30.7 Å². The number of halogens is 2. The van der Waals surface area contributed by atoms with E-state index in [0.29, 0.717) is 12.4 Å². The maximum Gasteiger partial charge on any atom is 0.162 e. The zero-order valence-corrected chi connectivity index (χ0v) is 12.1. The van der Waals surface area contributed by atoms with Gasteiger partial charge < -0.3 is 4.74 Å². The highest BCUT2D eigenvalue weighted by molar-refractivity contribution is 7.80. The molecule has 0 aliphatic rings. The fourth-order valence-electron chi connectivity index (χ4n) is 1.85. The zero-order chi connectivity index (χ0) is 13.9. The van der Waals surface area contributed by atoms with Gasteiger partial charge in [-0.2, -0.15) is 12.6 Å². The number of benzene rings is 1. The first-order valence-electron chi connectivity index (χ1n) is 6.93. The van der Waals surface area contributed by atoms with Crippen LogP contribution in [0.3, 0.4) is 0 Å². The van der Waals surface area contributed by atoms with Crippen LogP contribution in [0.4, 0.5) is 8.78 Å². The summed E-state index contributed by atoms with van der Waals surface area (Å²) in [5, 5.41) is 0. The summed E-state index contributed by atoms with van der Waals surface area (Å²) in [4.78, 5) is 0. The molecule has 1 rings (SSSR count). The van der Waals surface area contributed by atoms with Crippen LogP contribution in [-0.2, 0) is 0 Å². The summed E-state index contributed by atoms with van der Waals surface area (Å²) in [6, 6.07) is 3.63. The molecule has 0 aromatic heterocycles. The number of rotatable bonds is 10. The van der Waals surface area contributed by atoms with E-state index in [1.165, 1.54) is 38.2 Å². The van der Waals surface area contributed by atoms with Crippen LogP contribution >= 0.6 is 12.6 Å². The molecule has 0 heterocycles. The van der Waals surface area contributed by atoms with Crippen molar-refractivity contribution in [1.29, 1.82) is 0 Å². The van der Waals surface area contributed by atoms with Gasteiger partial charge in [-0.1, -0.05) is 32.1 Å². The fourth-order valence-corrected chi connectivity index (χ4v) is 2.08. The molecule has 0 saturated heterocycles. The molecule has 0 N–H and O–H groups in total. The van der Waals surface area contributed by atoms with E-state index < -0.39 is 11.6 Å². The van der Waals surface area contributed by atoms with E-state index in [2.05, 4.69) is 12.6 Å². The average Bonchev–Trinajstić information content (AvgIpc) is 2.41. The summed E-state index contributed by atoms with van der Waals surface area (Å²) >= 11 is 4.17. The second-order valence-corrected chi connectivity index (χ2v) is 5.07. The lowest BCUT2D eigenvalue weighted by Crippen LogP contribution is -1.98. The second kappa shape index (κ2) is 10.1. The molecule has 0 radical (unpaired) electrons. The summed E-state index contributed by atoms with van der Waals surface area (Å²) in [5.74, 6) is -0.329. The lowest BCUT2D eigenvalue weighted by atomic mass is 10.1. The Balaban J connectivity index is 2.00. The monoisotopic (exact) mass is 288 g/mol. The maximum absolute atomic E-state index is 12.9. The van der Waals surface area contributed by atoms with E-state index in [-0.39, 0.29) is 0 Å². The van der Waals surface area contributed by atoms with Gasteiger partial charge in [0.1, 0.15) is 5.75 Å². The molecule has 0 aliphatic heterocycles. The van der Waals surface area contributed by atoms with Crippen LogP contribution in [0.25, 0.3) is 0 Å². The third-order valence-corrected chi connectivity index (χ3v) is 3.28. The number of hydrogen-bond donors (Lipinski definition) is 1. The highest BCUT2D eigenvalue weighted by atomic mass is 32.1. The lowest BCUT2D eigenvalue weighted by molar-refractivity contribution is 0.301. The van der Waals surface area contributed by atoms with Crippen molar-refractivity contribution < 1.29 is 13.5 Å². The Labute approximate surface area is 119 Å². The molecule has 0 fully saturated rings. The van der Waals surface area contributed by atoms with Crippen LogP contribution in [0.2, 0.25) is 0 Å². The van der Waals surface area contributed by atoms with Gasteiger partial charge in [0.25, 0.3) is 0 Å². The topological polar surface area (TPSA) is 9.23 Å². The third kappa shape index (κ3) is 7.41. The molecule has 1 aromatic rings. The SMILES string of the molecule is Fc1ccc(OCCCCCCCCCS)cc1F. The molecule has 0 aliphatic carbocycles. The molecule has 0 unspecified atom stereocenters. The standard InChI is InChI=1S/C15H22F2OS/c16-14-9-8-13(12-15(14)17)18-10-6-4-2-1-3-5-7-11-19/h8-9,12,19H,1-7,10-11H2. The minimum Gasteiger partial charge on any atom is -0.493 e. The highest BCUT2D eigenvalue weighted by Gasteiger charge is 2.02. The molecule has 1 aromatic carbocycles. The van der Waals surface area contributed by atoms with Gasteiger partial charge in [0.2, 0.25) is 0 Å². The van der Waals surface area contributed by atoms with Crippen LogP contribution in [0.15, 0.2) is 18.2 Å². The molecular weight excluding hydrogens is 266 g/mol. The van der Waals surface area contributed by atoms with Gasteiger partial charge in [0, 0.05) is 6.07 Å². The van der Waals surface area contributed by atoms with Gasteiger partial charge >= 0.3 is 0 Å². The minimum absolute atomic E-state index is 0.396. The first-order chi connectivity index (χ1) is 9.24. The average molecular weight is 288 g/mol. The molecule has 1 nitrogen and oxygen atoms in total. The Kier molecular flexibility index (Phi) is 8.63. The Hall–Kier alpha value is -0.770. The maximum atomic E-state index is 12.9. The quantitative estimate of drug-likeness (QED) is 0.470. The van der Waals surface area contributed by atoms with Crippen molar-refractivity contribution in [2.75, 3.05) is 12.4 Å². The van der Waals surface area contributed by atoms with Crippen LogP contribution < -0.4 is 4.74 Å². The predicted octanol–water partition coefficient (Wildman–Crippen LogP) is 5.00. The zero-order valence-electron chi connectivity index (χ0n) is 11.2. The van der Waals surface area contributed by atoms with Crippen molar-refractivity contribution in [1.82, 2.24) is 0 Å².